The largest absolute Gasteiger partial charge is 0.396 e. The average Bonchev–Trinajstić information content (AvgIpc) is 2.92. The number of nitrogens with zero attached hydrogens (tertiary/aromatic N) is 2. The van der Waals surface area contributed by atoms with E-state index in [-0.39, 0.29) is 24.5 Å². The summed E-state index contributed by atoms with van der Waals surface area (Å²) in [4.78, 5) is 19.0. The van der Waals surface area contributed by atoms with E-state index in [2.05, 4.69) is 15.2 Å². The molecule has 1 aromatic rings. The molecule has 2 fully saturated rings. The highest BCUT2D eigenvalue weighted by Crippen LogP contribution is 2.26. The molecule has 0 radical (unpaired) electrons. The molecule has 0 aromatic carbocycles. The van der Waals surface area contributed by atoms with Crippen LogP contribution in [-0.4, -0.2) is 52.7 Å². The Morgan fingerprint density at radius 2 is 2.04 bits per heavy atom. The first-order chi connectivity index (χ1) is 11.8. The molecule has 1 aliphatic carbocycles. The van der Waals surface area contributed by atoms with Crippen LogP contribution in [0.3, 0.4) is 0 Å². The van der Waals surface area contributed by atoms with Crippen LogP contribution >= 0.6 is 0 Å². The SMILES string of the molecule is O=C(N[C@@H]1CN(C2CCCCCC2)CC[C@@H]1CO)c1cccnc1. The quantitative estimate of drug-likeness (QED) is 0.830. The van der Waals surface area contributed by atoms with Gasteiger partial charge in [0.15, 0.2) is 0 Å². The fraction of sp³-hybridized carbons (Fsp3) is 0.684. The second-order valence-electron chi connectivity index (χ2n) is 7.19. The number of aliphatic hydroxyl groups excluding tert-OH is 1. The maximum absolute atomic E-state index is 12.5. The lowest BCUT2D eigenvalue weighted by Gasteiger charge is -2.42. The number of hydrogen-bond donors (Lipinski definition) is 2. The number of piperidine rings is 1. The monoisotopic (exact) mass is 331 g/mol. The molecule has 2 N–H and O–H groups in total. The van der Waals surface area contributed by atoms with Gasteiger partial charge in [-0.25, -0.2) is 0 Å². The number of likely N-dealkylation sites (tertiary alicyclic amines) is 1. The predicted molar refractivity (Wildman–Crippen MR) is 93.7 cm³/mol. The predicted octanol–water partition coefficient (Wildman–Crippen LogP) is 2.22. The lowest BCUT2D eigenvalue weighted by molar-refractivity contribution is 0.0572. The molecule has 0 bridgehead atoms. The van der Waals surface area contributed by atoms with E-state index in [0.29, 0.717) is 11.6 Å². The van der Waals surface area contributed by atoms with Gasteiger partial charge in [0, 0.05) is 43.5 Å². The van der Waals surface area contributed by atoms with Crippen LogP contribution in [-0.2, 0) is 0 Å². The molecule has 24 heavy (non-hydrogen) atoms. The van der Waals surface area contributed by atoms with Gasteiger partial charge in [-0.2, -0.15) is 0 Å². The molecule has 5 nitrogen and oxygen atoms in total. The molecule has 2 atom stereocenters. The van der Waals surface area contributed by atoms with E-state index in [9.17, 15) is 9.90 Å². The number of hydrogen-bond acceptors (Lipinski definition) is 4. The van der Waals surface area contributed by atoms with E-state index < -0.39 is 0 Å². The Bertz CT molecular complexity index is 515. The van der Waals surface area contributed by atoms with E-state index in [1.54, 1.807) is 24.5 Å². The fourth-order valence-electron chi connectivity index (χ4n) is 4.11. The molecule has 0 unspecified atom stereocenters. The third kappa shape index (κ3) is 4.33. The number of aromatic nitrogens is 1. The van der Waals surface area contributed by atoms with E-state index in [1.807, 2.05) is 0 Å². The van der Waals surface area contributed by atoms with Crippen molar-refractivity contribution in [3.05, 3.63) is 30.1 Å². The van der Waals surface area contributed by atoms with Crippen LogP contribution < -0.4 is 5.32 Å². The van der Waals surface area contributed by atoms with Crippen LogP contribution in [0.5, 0.6) is 0 Å². The molecule has 1 aromatic heterocycles. The smallest absolute Gasteiger partial charge is 0.253 e. The molecule has 3 rings (SSSR count). The lowest BCUT2D eigenvalue weighted by atomic mass is 9.90. The van der Waals surface area contributed by atoms with Gasteiger partial charge in [0.1, 0.15) is 0 Å². The van der Waals surface area contributed by atoms with E-state index in [1.165, 1.54) is 38.5 Å². The van der Waals surface area contributed by atoms with Crippen molar-refractivity contribution >= 4 is 5.91 Å². The van der Waals surface area contributed by atoms with Crippen molar-refractivity contribution in [3.8, 4) is 0 Å². The Hall–Kier alpha value is -1.46. The van der Waals surface area contributed by atoms with Gasteiger partial charge in [-0.15, -0.1) is 0 Å². The van der Waals surface area contributed by atoms with Crippen molar-refractivity contribution in [2.24, 2.45) is 5.92 Å². The number of amides is 1. The van der Waals surface area contributed by atoms with E-state index >= 15 is 0 Å². The lowest BCUT2D eigenvalue weighted by Crippen LogP contribution is -2.55. The Labute approximate surface area is 144 Å². The molecule has 1 saturated heterocycles. The third-order valence-corrected chi connectivity index (χ3v) is 5.60. The summed E-state index contributed by atoms with van der Waals surface area (Å²) < 4.78 is 0. The van der Waals surface area contributed by atoms with Gasteiger partial charge in [-0.05, 0) is 37.9 Å². The van der Waals surface area contributed by atoms with Crippen molar-refractivity contribution < 1.29 is 9.90 Å². The summed E-state index contributed by atoms with van der Waals surface area (Å²) >= 11 is 0. The minimum atomic E-state index is -0.0886. The van der Waals surface area contributed by atoms with Crippen LogP contribution in [0.1, 0.15) is 55.3 Å². The number of rotatable bonds is 4. The van der Waals surface area contributed by atoms with Crippen LogP contribution in [0.2, 0.25) is 0 Å². The number of aliphatic hydroxyl groups is 1. The fourth-order valence-corrected chi connectivity index (χ4v) is 4.11. The molecule has 1 saturated carbocycles. The Balaban J connectivity index is 1.63. The molecular weight excluding hydrogens is 302 g/mol. The van der Waals surface area contributed by atoms with Gasteiger partial charge in [0.05, 0.1) is 5.56 Å². The van der Waals surface area contributed by atoms with Crippen molar-refractivity contribution in [1.82, 2.24) is 15.2 Å². The molecule has 132 valence electrons. The van der Waals surface area contributed by atoms with Gasteiger partial charge < -0.3 is 10.4 Å². The molecule has 5 heteroatoms. The van der Waals surface area contributed by atoms with Crippen LogP contribution in [0.4, 0.5) is 0 Å². The van der Waals surface area contributed by atoms with Crippen LogP contribution in [0, 0.1) is 5.92 Å². The van der Waals surface area contributed by atoms with Crippen LogP contribution in [0.25, 0.3) is 0 Å². The summed E-state index contributed by atoms with van der Waals surface area (Å²) in [5, 5.41) is 12.8. The topological polar surface area (TPSA) is 65.5 Å². The Morgan fingerprint density at radius 1 is 1.25 bits per heavy atom. The summed E-state index contributed by atoms with van der Waals surface area (Å²) in [5.74, 6) is 0.0573. The maximum atomic E-state index is 12.5. The first-order valence-corrected chi connectivity index (χ1v) is 9.33. The molecule has 2 aliphatic rings. The zero-order valence-electron chi connectivity index (χ0n) is 14.4. The molecule has 1 aliphatic heterocycles. The molecule has 0 spiro atoms. The first-order valence-electron chi connectivity index (χ1n) is 9.33. The summed E-state index contributed by atoms with van der Waals surface area (Å²) in [6.07, 6.45) is 12.1. The van der Waals surface area contributed by atoms with Crippen molar-refractivity contribution in [2.45, 2.75) is 57.0 Å². The van der Waals surface area contributed by atoms with Gasteiger partial charge >= 0.3 is 0 Å². The average molecular weight is 331 g/mol. The number of carbonyl (C=O) groups excluding carboxylic acids is 1. The highest BCUT2D eigenvalue weighted by molar-refractivity contribution is 5.94. The first kappa shape index (κ1) is 17.4. The third-order valence-electron chi connectivity index (χ3n) is 5.60. The Morgan fingerprint density at radius 3 is 2.71 bits per heavy atom. The van der Waals surface area contributed by atoms with Gasteiger partial charge in [-0.3, -0.25) is 14.7 Å². The van der Waals surface area contributed by atoms with Crippen molar-refractivity contribution in [2.75, 3.05) is 19.7 Å². The second kappa shape index (κ2) is 8.58. The van der Waals surface area contributed by atoms with E-state index in [0.717, 1.165) is 19.5 Å². The van der Waals surface area contributed by atoms with Crippen molar-refractivity contribution in [1.29, 1.82) is 0 Å². The van der Waals surface area contributed by atoms with Crippen molar-refractivity contribution in [3.63, 3.8) is 0 Å². The normalized spacial score (nSPS) is 26.7. The zero-order chi connectivity index (χ0) is 16.8. The summed E-state index contributed by atoms with van der Waals surface area (Å²) in [6, 6.07) is 4.21. The summed E-state index contributed by atoms with van der Waals surface area (Å²) in [5.41, 5.74) is 0.584. The number of nitrogens with one attached hydrogen (secondary N) is 1. The minimum absolute atomic E-state index is 0.0136. The Kier molecular flexibility index (Phi) is 6.21. The highest BCUT2D eigenvalue weighted by Gasteiger charge is 2.33. The van der Waals surface area contributed by atoms with Crippen LogP contribution in [0.15, 0.2) is 24.5 Å². The molecule has 1 amide bonds. The minimum Gasteiger partial charge on any atom is -0.396 e. The number of pyridine rings is 1. The summed E-state index contributed by atoms with van der Waals surface area (Å²) in [6.45, 7) is 2.02. The molecular formula is C19H29N3O2. The van der Waals surface area contributed by atoms with Gasteiger partial charge in [0.2, 0.25) is 0 Å². The summed E-state index contributed by atoms with van der Waals surface area (Å²) in [7, 11) is 0. The molecule has 2 heterocycles. The maximum Gasteiger partial charge on any atom is 0.253 e. The van der Waals surface area contributed by atoms with E-state index in [4.69, 9.17) is 0 Å². The van der Waals surface area contributed by atoms with Gasteiger partial charge in [0.25, 0.3) is 5.91 Å². The van der Waals surface area contributed by atoms with Gasteiger partial charge in [-0.1, -0.05) is 25.7 Å². The second-order valence-corrected chi connectivity index (χ2v) is 7.19. The standard InChI is InChI=1S/C19H29N3O2/c23-14-16-9-11-22(17-7-3-1-2-4-8-17)13-18(16)21-19(24)15-6-5-10-20-12-15/h5-6,10,12,16-18,23H,1-4,7-9,11,13-14H2,(H,21,24)/t16-,18-/m1/s1. The number of carbonyl (C=O) groups is 1. The highest BCUT2D eigenvalue weighted by atomic mass is 16.3. The zero-order valence-corrected chi connectivity index (χ0v) is 14.4.